The lowest BCUT2D eigenvalue weighted by Crippen LogP contribution is -2.14. The smallest absolute Gasteiger partial charge is 0.233 e. The van der Waals surface area contributed by atoms with Crippen LogP contribution in [0.1, 0.15) is 5.56 Å². The van der Waals surface area contributed by atoms with Crippen molar-refractivity contribution >= 4 is 29.2 Å². The first-order valence-electron chi connectivity index (χ1n) is 6.03. The predicted octanol–water partition coefficient (Wildman–Crippen LogP) is 2.48. The van der Waals surface area contributed by atoms with Crippen molar-refractivity contribution in [3.63, 3.8) is 0 Å². The molecule has 7 heteroatoms. The van der Waals surface area contributed by atoms with Crippen LogP contribution >= 0.6 is 11.6 Å². The number of halogens is 1. The summed E-state index contributed by atoms with van der Waals surface area (Å²) in [6, 6.07) is 7.78. The number of benzene rings is 1. The fourth-order valence-electron chi connectivity index (χ4n) is 1.64. The van der Waals surface area contributed by atoms with E-state index >= 15 is 0 Å². The topological polar surface area (TPSA) is 63.2 Å². The first-order valence-corrected chi connectivity index (χ1v) is 6.40. The molecule has 0 aliphatic rings. The predicted molar refractivity (Wildman–Crippen MR) is 79.6 cm³/mol. The van der Waals surface area contributed by atoms with Gasteiger partial charge in [0.1, 0.15) is 0 Å². The van der Waals surface area contributed by atoms with Gasteiger partial charge in [-0.25, -0.2) is 0 Å². The molecule has 0 spiro atoms. The van der Waals surface area contributed by atoms with E-state index in [9.17, 15) is 0 Å². The van der Waals surface area contributed by atoms with Gasteiger partial charge in [-0.2, -0.15) is 15.0 Å². The van der Waals surface area contributed by atoms with E-state index in [-0.39, 0.29) is 5.28 Å². The summed E-state index contributed by atoms with van der Waals surface area (Å²) in [4.78, 5) is 14.2. The number of rotatable bonds is 5. The fourth-order valence-corrected chi connectivity index (χ4v) is 1.80. The number of hydrogen-bond acceptors (Lipinski definition) is 6. The second-order valence-corrected chi connectivity index (χ2v) is 4.68. The van der Waals surface area contributed by atoms with Gasteiger partial charge in [0.25, 0.3) is 0 Å². The van der Waals surface area contributed by atoms with E-state index in [4.69, 9.17) is 16.3 Å². The molecule has 1 heterocycles. The van der Waals surface area contributed by atoms with Crippen molar-refractivity contribution in [3.05, 3.63) is 35.1 Å². The van der Waals surface area contributed by atoms with Gasteiger partial charge in [0.15, 0.2) is 0 Å². The first kappa shape index (κ1) is 14.5. The number of methoxy groups -OCH3 is 1. The number of para-hydroxylation sites is 1. The zero-order valence-corrected chi connectivity index (χ0v) is 12.3. The van der Waals surface area contributed by atoms with Crippen molar-refractivity contribution in [1.82, 2.24) is 15.0 Å². The Morgan fingerprint density at radius 2 is 1.95 bits per heavy atom. The second kappa shape index (κ2) is 6.49. The molecule has 1 aromatic heterocycles. The third-order valence-corrected chi connectivity index (χ3v) is 2.73. The molecular formula is C13H16ClN5O. The molecule has 0 amide bonds. The highest BCUT2D eigenvalue weighted by Gasteiger charge is 2.08. The molecular weight excluding hydrogens is 278 g/mol. The molecule has 6 nitrogen and oxygen atoms in total. The molecule has 2 aromatic rings. The van der Waals surface area contributed by atoms with E-state index in [2.05, 4.69) is 20.3 Å². The lowest BCUT2D eigenvalue weighted by Gasteiger charge is -2.13. The highest BCUT2D eigenvalue weighted by molar-refractivity contribution is 6.28. The summed E-state index contributed by atoms with van der Waals surface area (Å²) >= 11 is 5.91. The van der Waals surface area contributed by atoms with E-state index in [0.29, 0.717) is 18.5 Å². The van der Waals surface area contributed by atoms with Crippen LogP contribution in [0.3, 0.4) is 0 Å². The molecule has 1 aromatic carbocycles. The van der Waals surface area contributed by atoms with Gasteiger partial charge in [-0.1, -0.05) is 18.2 Å². The molecule has 0 unspecified atom stereocenters. The number of anilines is 3. The van der Waals surface area contributed by atoms with Crippen LogP contribution in [0.15, 0.2) is 24.3 Å². The van der Waals surface area contributed by atoms with Crippen LogP contribution in [-0.4, -0.2) is 36.2 Å². The van der Waals surface area contributed by atoms with Gasteiger partial charge in [-0.3, -0.25) is 0 Å². The molecule has 2 rings (SSSR count). The molecule has 0 radical (unpaired) electrons. The number of aromatic nitrogens is 3. The largest absolute Gasteiger partial charge is 0.380 e. The Hall–Kier alpha value is -1.92. The van der Waals surface area contributed by atoms with Crippen molar-refractivity contribution in [2.75, 3.05) is 31.4 Å². The minimum Gasteiger partial charge on any atom is -0.380 e. The SMILES string of the molecule is COCc1ccccc1Nc1nc(Cl)nc(N(C)C)n1. The third-order valence-electron chi connectivity index (χ3n) is 2.56. The van der Waals surface area contributed by atoms with Gasteiger partial charge < -0.3 is 15.0 Å². The molecule has 0 saturated carbocycles. The zero-order valence-electron chi connectivity index (χ0n) is 11.6. The third kappa shape index (κ3) is 3.55. The Kier molecular flexibility index (Phi) is 4.70. The zero-order chi connectivity index (χ0) is 14.5. The van der Waals surface area contributed by atoms with Crippen molar-refractivity contribution < 1.29 is 4.74 Å². The van der Waals surface area contributed by atoms with Crippen LogP contribution in [-0.2, 0) is 11.3 Å². The lowest BCUT2D eigenvalue weighted by molar-refractivity contribution is 0.185. The van der Waals surface area contributed by atoms with Crippen LogP contribution in [0.4, 0.5) is 17.6 Å². The van der Waals surface area contributed by atoms with E-state index in [1.54, 1.807) is 12.0 Å². The summed E-state index contributed by atoms with van der Waals surface area (Å²) in [5.74, 6) is 0.897. The van der Waals surface area contributed by atoms with Crippen molar-refractivity contribution in [3.8, 4) is 0 Å². The molecule has 0 bridgehead atoms. The quantitative estimate of drug-likeness (QED) is 0.914. The van der Waals surface area contributed by atoms with Gasteiger partial charge >= 0.3 is 0 Å². The summed E-state index contributed by atoms with van der Waals surface area (Å²) in [5, 5.41) is 3.29. The molecule has 20 heavy (non-hydrogen) atoms. The maximum absolute atomic E-state index is 5.91. The normalized spacial score (nSPS) is 10.4. The Bertz CT molecular complexity index is 591. The fraction of sp³-hybridized carbons (Fsp3) is 0.308. The van der Waals surface area contributed by atoms with E-state index in [1.165, 1.54) is 0 Å². The van der Waals surface area contributed by atoms with Crippen LogP contribution < -0.4 is 10.2 Å². The standard InChI is InChI=1S/C13H16ClN5O/c1-19(2)13-17-11(14)16-12(18-13)15-10-7-5-4-6-9(10)8-20-3/h4-7H,8H2,1-3H3,(H,15,16,17,18). The Balaban J connectivity index is 2.30. The van der Waals surface area contributed by atoms with Crippen molar-refractivity contribution in [1.29, 1.82) is 0 Å². The van der Waals surface area contributed by atoms with E-state index in [1.807, 2.05) is 38.4 Å². The molecule has 106 valence electrons. The summed E-state index contributed by atoms with van der Waals surface area (Å²) in [5.41, 5.74) is 1.89. The molecule has 0 atom stereocenters. The number of ether oxygens (including phenoxy) is 1. The van der Waals surface area contributed by atoms with Gasteiger partial charge in [0.05, 0.1) is 6.61 Å². The molecule has 0 saturated heterocycles. The van der Waals surface area contributed by atoms with E-state index in [0.717, 1.165) is 11.3 Å². The summed E-state index contributed by atoms with van der Waals surface area (Å²) in [7, 11) is 5.34. The molecule has 0 fully saturated rings. The molecule has 0 aliphatic carbocycles. The van der Waals surface area contributed by atoms with E-state index < -0.39 is 0 Å². The van der Waals surface area contributed by atoms with Crippen molar-refractivity contribution in [2.24, 2.45) is 0 Å². The molecule has 0 aliphatic heterocycles. The van der Waals surface area contributed by atoms with Crippen LogP contribution in [0.25, 0.3) is 0 Å². The lowest BCUT2D eigenvalue weighted by atomic mass is 10.2. The Morgan fingerprint density at radius 1 is 1.20 bits per heavy atom. The average molecular weight is 294 g/mol. The summed E-state index contributed by atoms with van der Waals surface area (Å²) < 4.78 is 5.16. The van der Waals surface area contributed by atoms with Gasteiger partial charge in [-0.05, 0) is 17.7 Å². The number of nitrogens with one attached hydrogen (secondary N) is 1. The second-order valence-electron chi connectivity index (χ2n) is 4.34. The maximum atomic E-state index is 5.91. The van der Waals surface area contributed by atoms with Gasteiger partial charge in [0, 0.05) is 32.5 Å². The van der Waals surface area contributed by atoms with Crippen LogP contribution in [0, 0.1) is 0 Å². The number of hydrogen-bond donors (Lipinski definition) is 1. The maximum Gasteiger partial charge on any atom is 0.233 e. The highest BCUT2D eigenvalue weighted by Crippen LogP contribution is 2.21. The summed E-state index contributed by atoms with van der Waals surface area (Å²) in [6.07, 6.45) is 0. The highest BCUT2D eigenvalue weighted by atomic mass is 35.5. The average Bonchev–Trinajstić information content (AvgIpc) is 2.40. The Morgan fingerprint density at radius 3 is 2.65 bits per heavy atom. The minimum atomic E-state index is 0.149. The van der Waals surface area contributed by atoms with Crippen LogP contribution in [0.5, 0.6) is 0 Å². The van der Waals surface area contributed by atoms with Crippen LogP contribution in [0.2, 0.25) is 5.28 Å². The Labute approximate surface area is 122 Å². The minimum absolute atomic E-state index is 0.149. The molecule has 1 N–H and O–H groups in total. The van der Waals surface area contributed by atoms with Crippen molar-refractivity contribution in [2.45, 2.75) is 6.61 Å². The first-order chi connectivity index (χ1) is 9.60. The summed E-state index contributed by atoms with van der Waals surface area (Å²) in [6.45, 7) is 0.503. The monoisotopic (exact) mass is 293 g/mol. The van der Waals surface area contributed by atoms with Gasteiger partial charge in [-0.15, -0.1) is 0 Å². The van der Waals surface area contributed by atoms with Gasteiger partial charge in [0.2, 0.25) is 17.2 Å². The number of nitrogens with zero attached hydrogens (tertiary/aromatic N) is 4.